The van der Waals surface area contributed by atoms with Crippen LogP contribution in [0.4, 0.5) is 0 Å². The summed E-state index contributed by atoms with van der Waals surface area (Å²) in [6.45, 7) is 3.09. The molecule has 2 heterocycles. The number of unbranched alkanes of at least 4 members (excludes halogenated alkanes) is 1. The molecule has 136 valence electrons. The second kappa shape index (κ2) is 12.0. The average molecular weight is 366 g/mol. The van der Waals surface area contributed by atoms with Gasteiger partial charge in [0.05, 0.1) is 11.8 Å². The largest absolute Gasteiger partial charge is 0.474 e. The number of benzene rings is 1. The number of hydrogen-bond acceptors (Lipinski definition) is 6. The van der Waals surface area contributed by atoms with Crippen molar-refractivity contribution in [2.24, 2.45) is 5.73 Å². The summed E-state index contributed by atoms with van der Waals surface area (Å²) in [6, 6.07) is 9.99. The van der Waals surface area contributed by atoms with Gasteiger partial charge in [0.25, 0.3) is 5.88 Å². The van der Waals surface area contributed by atoms with Gasteiger partial charge in [-0.3, -0.25) is 5.10 Å². The average Bonchev–Trinajstić information content (AvgIpc) is 3.32. The Hall–Kier alpha value is -2.38. The quantitative estimate of drug-likeness (QED) is 0.666. The van der Waals surface area contributed by atoms with Crippen molar-refractivity contribution in [1.82, 2.24) is 20.6 Å². The van der Waals surface area contributed by atoms with E-state index in [2.05, 4.69) is 27.5 Å². The SMILES string of the molecule is CCCCc1c(OCCN)noc1-c1ccccc1.Cl.c1c[nH]nn1. The number of H-pyrrole nitrogens is 1. The minimum Gasteiger partial charge on any atom is -0.474 e. The third kappa shape index (κ3) is 6.56. The molecule has 0 spiro atoms. The van der Waals surface area contributed by atoms with E-state index in [-0.39, 0.29) is 12.4 Å². The van der Waals surface area contributed by atoms with E-state index in [4.69, 9.17) is 15.0 Å². The third-order valence-electron chi connectivity index (χ3n) is 3.26. The van der Waals surface area contributed by atoms with E-state index in [0.717, 1.165) is 36.1 Å². The van der Waals surface area contributed by atoms with E-state index in [1.807, 2.05) is 30.3 Å². The number of aromatic amines is 1. The van der Waals surface area contributed by atoms with Gasteiger partial charge in [-0.1, -0.05) is 48.9 Å². The smallest absolute Gasteiger partial charge is 0.258 e. The van der Waals surface area contributed by atoms with Crippen LogP contribution in [0.3, 0.4) is 0 Å². The van der Waals surface area contributed by atoms with Crippen molar-refractivity contribution in [2.75, 3.05) is 13.2 Å². The highest BCUT2D eigenvalue weighted by Crippen LogP contribution is 2.31. The molecule has 0 aliphatic heterocycles. The normalized spacial score (nSPS) is 9.68. The molecule has 0 atom stereocenters. The van der Waals surface area contributed by atoms with Crippen molar-refractivity contribution >= 4 is 12.4 Å². The van der Waals surface area contributed by atoms with Gasteiger partial charge < -0.3 is 15.0 Å². The Labute approximate surface area is 153 Å². The summed E-state index contributed by atoms with van der Waals surface area (Å²) in [6.07, 6.45) is 6.35. The number of nitrogens with zero attached hydrogens (tertiary/aromatic N) is 3. The van der Waals surface area contributed by atoms with Crippen molar-refractivity contribution in [1.29, 1.82) is 0 Å². The summed E-state index contributed by atoms with van der Waals surface area (Å²) in [5, 5.41) is 13.3. The molecular formula is C17H24ClN5O2. The van der Waals surface area contributed by atoms with Crippen molar-refractivity contribution in [3.8, 4) is 17.2 Å². The summed E-state index contributed by atoms with van der Waals surface area (Å²) in [5.74, 6) is 1.39. The van der Waals surface area contributed by atoms with Crippen molar-refractivity contribution in [3.63, 3.8) is 0 Å². The molecule has 0 amide bonds. The van der Waals surface area contributed by atoms with E-state index in [9.17, 15) is 0 Å². The fraction of sp³-hybridized carbons (Fsp3) is 0.353. The molecule has 3 aromatic rings. The van der Waals surface area contributed by atoms with E-state index in [1.165, 1.54) is 0 Å². The van der Waals surface area contributed by atoms with Crippen LogP contribution >= 0.6 is 12.4 Å². The molecule has 3 N–H and O–H groups in total. The summed E-state index contributed by atoms with van der Waals surface area (Å²) < 4.78 is 11.0. The topological polar surface area (TPSA) is 103 Å². The molecule has 25 heavy (non-hydrogen) atoms. The molecule has 8 heteroatoms. The van der Waals surface area contributed by atoms with Gasteiger partial charge in [-0.2, -0.15) is 0 Å². The van der Waals surface area contributed by atoms with Crippen LogP contribution in [0, 0.1) is 0 Å². The highest BCUT2D eigenvalue weighted by atomic mass is 35.5. The highest BCUT2D eigenvalue weighted by molar-refractivity contribution is 5.85. The van der Waals surface area contributed by atoms with Gasteiger partial charge in [-0.25, -0.2) is 0 Å². The lowest BCUT2D eigenvalue weighted by atomic mass is 10.0. The van der Waals surface area contributed by atoms with E-state index in [1.54, 1.807) is 12.4 Å². The molecule has 7 nitrogen and oxygen atoms in total. The van der Waals surface area contributed by atoms with Crippen LogP contribution in [0.5, 0.6) is 5.88 Å². The monoisotopic (exact) mass is 365 g/mol. The lowest BCUT2D eigenvalue weighted by Crippen LogP contribution is -2.11. The number of nitrogens with one attached hydrogen (secondary N) is 1. The first kappa shape index (κ1) is 20.7. The van der Waals surface area contributed by atoms with Crippen molar-refractivity contribution in [3.05, 3.63) is 48.3 Å². The predicted molar refractivity (Wildman–Crippen MR) is 98.7 cm³/mol. The van der Waals surface area contributed by atoms with Crippen LogP contribution in [-0.2, 0) is 6.42 Å². The summed E-state index contributed by atoms with van der Waals surface area (Å²) >= 11 is 0. The molecule has 0 bridgehead atoms. The summed E-state index contributed by atoms with van der Waals surface area (Å²) in [7, 11) is 0. The van der Waals surface area contributed by atoms with Crippen LogP contribution in [0.25, 0.3) is 11.3 Å². The van der Waals surface area contributed by atoms with E-state index < -0.39 is 0 Å². The third-order valence-corrected chi connectivity index (χ3v) is 3.26. The Bertz CT molecular complexity index is 656. The number of ether oxygens (including phenoxy) is 1. The van der Waals surface area contributed by atoms with E-state index in [0.29, 0.717) is 19.0 Å². The Balaban J connectivity index is 0.000000448. The van der Waals surface area contributed by atoms with Crippen molar-refractivity contribution < 1.29 is 9.26 Å². The van der Waals surface area contributed by atoms with Gasteiger partial charge in [0.2, 0.25) is 0 Å². The van der Waals surface area contributed by atoms with Crippen molar-refractivity contribution in [2.45, 2.75) is 26.2 Å². The lowest BCUT2D eigenvalue weighted by Gasteiger charge is -2.04. The zero-order chi connectivity index (χ0) is 17.0. The fourth-order valence-electron chi connectivity index (χ4n) is 2.12. The van der Waals surface area contributed by atoms with Gasteiger partial charge in [-0.05, 0) is 18.0 Å². The molecule has 1 aromatic carbocycles. The molecule has 0 aliphatic rings. The first-order valence-electron chi connectivity index (χ1n) is 8.04. The van der Waals surface area contributed by atoms with Gasteiger partial charge in [-0.15, -0.1) is 17.5 Å². The second-order valence-corrected chi connectivity index (χ2v) is 5.06. The maximum atomic E-state index is 5.56. The number of halogens is 1. The van der Waals surface area contributed by atoms with Gasteiger partial charge in [0.15, 0.2) is 5.76 Å². The fourth-order valence-corrected chi connectivity index (χ4v) is 2.12. The van der Waals surface area contributed by atoms with Crippen LogP contribution in [0.1, 0.15) is 25.3 Å². The number of nitrogens with two attached hydrogens (primary N) is 1. The molecule has 0 unspecified atom stereocenters. The molecule has 0 saturated heterocycles. The van der Waals surface area contributed by atoms with Crippen LogP contribution in [-0.4, -0.2) is 33.7 Å². The minimum absolute atomic E-state index is 0. The van der Waals surface area contributed by atoms with Crippen LogP contribution in [0.15, 0.2) is 47.2 Å². The molecular weight excluding hydrogens is 342 g/mol. The standard InChI is InChI=1S/C15H20N2O2.C2H3N3.ClH/c1-2-3-9-13-14(12-7-5-4-6-8-12)19-17-15(13)18-11-10-16;1-2-4-5-3-1;/h4-8H,2-3,9-11,16H2,1H3;1-2H,(H,3,4,5);1H. The lowest BCUT2D eigenvalue weighted by molar-refractivity contribution is 0.287. The molecule has 0 aliphatic carbocycles. The molecule has 2 aromatic heterocycles. The highest BCUT2D eigenvalue weighted by Gasteiger charge is 2.18. The van der Waals surface area contributed by atoms with Gasteiger partial charge >= 0.3 is 0 Å². The maximum Gasteiger partial charge on any atom is 0.258 e. The van der Waals surface area contributed by atoms with Gasteiger partial charge in [0.1, 0.15) is 6.61 Å². The Morgan fingerprint density at radius 1 is 1.24 bits per heavy atom. The summed E-state index contributed by atoms with van der Waals surface area (Å²) in [5.41, 5.74) is 7.54. The number of hydrogen-bond donors (Lipinski definition) is 2. The summed E-state index contributed by atoms with van der Waals surface area (Å²) in [4.78, 5) is 0. The first-order valence-corrected chi connectivity index (χ1v) is 8.04. The first-order chi connectivity index (χ1) is 11.9. The van der Waals surface area contributed by atoms with Gasteiger partial charge in [0, 0.05) is 18.3 Å². The maximum absolute atomic E-state index is 5.56. The zero-order valence-corrected chi connectivity index (χ0v) is 15.0. The Morgan fingerprint density at radius 2 is 2.04 bits per heavy atom. The van der Waals surface area contributed by atoms with Crippen LogP contribution < -0.4 is 10.5 Å². The number of rotatable bonds is 7. The molecule has 3 rings (SSSR count). The minimum atomic E-state index is 0. The molecule has 0 saturated carbocycles. The predicted octanol–water partition coefficient (Wildman–Crippen LogP) is 3.25. The zero-order valence-electron chi connectivity index (χ0n) is 14.2. The Kier molecular flexibility index (Phi) is 9.96. The Morgan fingerprint density at radius 3 is 2.60 bits per heavy atom. The molecule has 0 fully saturated rings. The van der Waals surface area contributed by atoms with Crippen LogP contribution in [0.2, 0.25) is 0 Å². The number of aromatic nitrogens is 4. The second-order valence-electron chi connectivity index (χ2n) is 5.06. The molecule has 0 radical (unpaired) electrons. The van der Waals surface area contributed by atoms with E-state index >= 15 is 0 Å².